The maximum Gasteiger partial charge on any atom is 0.413 e. The first kappa shape index (κ1) is 32.6. The van der Waals surface area contributed by atoms with Crippen LogP contribution in [0.25, 0.3) is 0 Å². The summed E-state index contributed by atoms with van der Waals surface area (Å²) >= 11 is 0.751. The van der Waals surface area contributed by atoms with Crippen molar-refractivity contribution < 1.29 is 33.0 Å². The molecular weight excluding hydrogens is 613 g/mol. The van der Waals surface area contributed by atoms with E-state index < -0.39 is 28.8 Å². The van der Waals surface area contributed by atoms with E-state index in [1.54, 1.807) is 49.9 Å². The smallest absolute Gasteiger partial charge is 0.413 e. The number of carbonyl (C=O) groups is 4. The molecule has 1 saturated carbocycles. The van der Waals surface area contributed by atoms with E-state index in [0.29, 0.717) is 41.3 Å². The van der Waals surface area contributed by atoms with Gasteiger partial charge in [0.15, 0.2) is 5.13 Å². The van der Waals surface area contributed by atoms with Gasteiger partial charge in [0, 0.05) is 16.6 Å². The maximum absolute atomic E-state index is 14.9. The van der Waals surface area contributed by atoms with Gasteiger partial charge in [-0.3, -0.25) is 25.1 Å². The third kappa shape index (κ3) is 7.36. The van der Waals surface area contributed by atoms with Crippen LogP contribution in [0.15, 0.2) is 60.7 Å². The van der Waals surface area contributed by atoms with Gasteiger partial charge in [0.05, 0.1) is 12.1 Å². The lowest BCUT2D eigenvalue weighted by Gasteiger charge is -2.35. The van der Waals surface area contributed by atoms with Gasteiger partial charge < -0.3 is 24.2 Å². The minimum absolute atomic E-state index is 0.0116. The molecular formula is C33H36FN5O6S. The molecule has 3 atom stereocenters. The zero-order chi connectivity index (χ0) is 33.2. The Kier molecular flexibility index (Phi) is 9.15. The van der Waals surface area contributed by atoms with E-state index in [0.717, 1.165) is 17.8 Å². The highest BCUT2D eigenvalue weighted by Crippen LogP contribution is 2.59. The van der Waals surface area contributed by atoms with Crippen molar-refractivity contribution in [2.24, 2.45) is 5.41 Å². The van der Waals surface area contributed by atoms with E-state index in [2.05, 4.69) is 12.2 Å². The normalized spacial score (nSPS) is 19.9. The van der Waals surface area contributed by atoms with Crippen molar-refractivity contribution in [1.82, 2.24) is 15.1 Å². The molecule has 2 heterocycles. The Morgan fingerprint density at radius 2 is 1.76 bits per heavy atom. The number of nitrogens with zero attached hydrogens (tertiary/aromatic N) is 3. The number of alkyl carbamates (subject to hydrolysis) is 1. The number of nitrogens with one attached hydrogen (secondary N) is 2. The van der Waals surface area contributed by atoms with Crippen LogP contribution < -0.4 is 15.0 Å². The number of anilines is 1. The highest BCUT2D eigenvalue weighted by Gasteiger charge is 2.64. The minimum Gasteiger partial charge on any atom is -0.457 e. The highest BCUT2D eigenvalue weighted by atomic mass is 32.1. The molecule has 5 rings (SSSR count). The Bertz CT molecular complexity index is 1630. The van der Waals surface area contributed by atoms with E-state index in [9.17, 15) is 23.6 Å². The molecule has 4 amide bonds. The number of amidine groups is 1. The van der Waals surface area contributed by atoms with Gasteiger partial charge in [-0.15, -0.1) is 11.3 Å². The molecule has 0 bridgehead atoms. The van der Waals surface area contributed by atoms with Crippen molar-refractivity contribution in [2.45, 2.75) is 64.9 Å². The molecule has 13 heteroatoms. The zero-order valence-electron chi connectivity index (χ0n) is 26.0. The Morgan fingerprint density at radius 1 is 1.09 bits per heavy atom. The number of fused-ring (bicyclic) bond motifs is 1. The number of halogens is 1. The molecule has 1 aliphatic carbocycles. The maximum atomic E-state index is 14.9. The zero-order valence-corrected chi connectivity index (χ0v) is 26.8. The van der Waals surface area contributed by atoms with Gasteiger partial charge in [-0.2, -0.15) is 4.39 Å². The molecule has 0 radical (unpaired) electrons. The van der Waals surface area contributed by atoms with Crippen LogP contribution in [0.3, 0.4) is 0 Å². The van der Waals surface area contributed by atoms with Gasteiger partial charge in [0.25, 0.3) is 0 Å². The summed E-state index contributed by atoms with van der Waals surface area (Å²) in [5.74, 6) is 0.460. The molecule has 3 aromatic rings. The number of likely N-dealkylation sites (tertiary alicyclic amines) is 1. The predicted octanol–water partition coefficient (Wildman–Crippen LogP) is 5.49. The van der Waals surface area contributed by atoms with Crippen LogP contribution in [0.1, 0.15) is 51.0 Å². The Morgan fingerprint density at radius 3 is 2.39 bits per heavy atom. The van der Waals surface area contributed by atoms with Crippen LogP contribution in [-0.2, 0) is 25.7 Å². The first-order valence-electron chi connectivity index (χ1n) is 14.7. The van der Waals surface area contributed by atoms with Crippen molar-refractivity contribution in [3.63, 3.8) is 0 Å². The predicted molar refractivity (Wildman–Crippen MR) is 170 cm³/mol. The highest BCUT2D eigenvalue weighted by molar-refractivity contribution is 7.10. The number of carbonyl (C=O) groups excluding carboxylic acids is 4. The summed E-state index contributed by atoms with van der Waals surface area (Å²) < 4.78 is 25.8. The van der Waals surface area contributed by atoms with Crippen LogP contribution >= 0.6 is 11.3 Å². The number of ether oxygens (including phenoxy) is 2. The molecule has 46 heavy (non-hydrogen) atoms. The lowest BCUT2D eigenvalue weighted by molar-refractivity contribution is -0.139. The second-order valence-electron chi connectivity index (χ2n) is 12.7. The van der Waals surface area contributed by atoms with Crippen molar-refractivity contribution in [3.8, 4) is 11.5 Å². The van der Waals surface area contributed by atoms with Crippen LogP contribution in [0.2, 0.25) is 0 Å². The van der Waals surface area contributed by atoms with E-state index in [-0.39, 0.29) is 36.0 Å². The van der Waals surface area contributed by atoms with E-state index in [1.807, 2.05) is 30.3 Å². The summed E-state index contributed by atoms with van der Waals surface area (Å²) in [5.41, 5.74) is -0.586. The molecule has 1 saturated heterocycles. The SMILES string of the molecule is CC(C)(C)OC(=O)NC(=N)c1cc(CN(C=O)[C@@H]2C[C@]3(C)C[C@@H]3N2C(=O)CN(C=O)c2ccc(Oc3ccccc3)cc2)sc1F. The second kappa shape index (κ2) is 12.9. The Balaban J connectivity index is 1.26. The van der Waals surface area contributed by atoms with Gasteiger partial charge in [0.1, 0.15) is 35.6 Å². The number of hydrogen-bond donors (Lipinski definition) is 2. The fraction of sp³-hybridized carbons (Fsp3) is 0.364. The first-order valence-corrected chi connectivity index (χ1v) is 15.6. The van der Waals surface area contributed by atoms with Crippen molar-refractivity contribution in [3.05, 3.63) is 76.2 Å². The molecule has 242 valence electrons. The largest absolute Gasteiger partial charge is 0.457 e. The van der Waals surface area contributed by atoms with Crippen LogP contribution in [-0.4, -0.2) is 64.8 Å². The Labute approximate surface area is 270 Å². The number of hydrogen-bond acceptors (Lipinski definition) is 8. The summed E-state index contributed by atoms with van der Waals surface area (Å²) in [6.07, 6.45) is 1.05. The molecule has 0 unspecified atom stereocenters. The topological polar surface area (TPSA) is 132 Å². The van der Waals surface area contributed by atoms with E-state index >= 15 is 0 Å². The molecule has 1 aromatic heterocycles. The summed E-state index contributed by atoms with van der Waals surface area (Å²) in [6.45, 7) is 6.82. The molecule has 1 aliphatic heterocycles. The molecule has 0 spiro atoms. The van der Waals surface area contributed by atoms with Crippen molar-refractivity contribution in [2.75, 3.05) is 11.4 Å². The number of rotatable bonds is 11. The number of piperidine rings is 1. The van der Waals surface area contributed by atoms with Crippen LogP contribution in [0.4, 0.5) is 14.9 Å². The molecule has 2 aliphatic rings. The molecule has 2 aromatic carbocycles. The molecule has 2 N–H and O–H groups in total. The Hall–Kier alpha value is -4.78. The van der Waals surface area contributed by atoms with E-state index in [1.165, 1.54) is 15.9 Å². The molecule has 2 fully saturated rings. The number of benzene rings is 2. The summed E-state index contributed by atoms with van der Waals surface area (Å²) in [6, 6.07) is 17.4. The van der Waals surface area contributed by atoms with Crippen LogP contribution in [0.5, 0.6) is 11.5 Å². The quantitative estimate of drug-likeness (QED) is 0.161. The van der Waals surface area contributed by atoms with Gasteiger partial charge in [-0.1, -0.05) is 25.1 Å². The minimum atomic E-state index is -0.882. The van der Waals surface area contributed by atoms with Gasteiger partial charge in [-0.25, -0.2) is 4.79 Å². The van der Waals surface area contributed by atoms with Gasteiger partial charge in [-0.05, 0) is 81.5 Å². The number of amides is 4. The average Bonchev–Trinajstić information content (AvgIpc) is 3.34. The summed E-state index contributed by atoms with van der Waals surface area (Å²) in [4.78, 5) is 55.1. The lowest BCUT2D eigenvalue weighted by atomic mass is 10.1. The third-order valence-electron chi connectivity index (χ3n) is 7.97. The lowest BCUT2D eigenvalue weighted by Crippen LogP contribution is -2.51. The first-order chi connectivity index (χ1) is 21.8. The van der Waals surface area contributed by atoms with Crippen molar-refractivity contribution >= 4 is 47.7 Å². The fourth-order valence-electron chi connectivity index (χ4n) is 5.66. The van der Waals surface area contributed by atoms with E-state index in [4.69, 9.17) is 14.9 Å². The number of para-hydroxylation sites is 1. The van der Waals surface area contributed by atoms with Gasteiger partial charge in [0.2, 0.25) is 18.7 Å². The van der Waals surface area contributed by atoms with Crippen molar-refractivity contribution in [1.29, 1.82) is 5.41 Å². The molecule has 11 nitrogen and oxygen atoms in total. The van der Waals surface area contributed by atoms with Gasteiger partial charge >= 0.3 is 6.09 Å². The number of thiophene rings is 1. The summed E-state index contributed by atoms with van der Waals surface area (Å²) in [5, 5.41) is 9.69. The standard InChI is InChI=1S/C33H36FN5O6S/c1-32(2,3)45-31(43)36-30(35)25-14-24(46-29(25)34)17-38(20-41)27-16-33(4)15-26(33)39(27)28(42)18-37(19-40)21-10-12-23(13-11-21)44-22-8-6-5-7-9-22/h5-14,19-20,26-27H,15-18H2,1-4H3,(H2,35,36,43)/t26-,27-,33-/m0/s1. The summed E-state index contributed by atoms with van der Waals surface area (Å²) in [7, 11) is 0. The third-order valence-corrected chi connectivity index (χ3v) is 8.88. The van der Waals surface area contributed by atoms with Crippen LogP contribution in [0, 0.1) is 16.0 Å². The fourth-order valence-corrected chi connectivity index (χ4v) is 6.55. The average molecular weight is 650 g/mol. The monoisotopic (exact) mass is 649 g/mol. The second-order valence-corrected chi connectivity index (χ2v) is 13.8.